The SMILES string of the molecule is Cc1ccc(NS(=O)(=O)c2ccc(OCC(=O)Nc3ccc(Cl)c(Cl)c3)cc2)cc1Cl. The van der Waals surface area contributed by atoms with Crippen LogP contribution >= 0.6 is 34.8 Å². The Labute approximate surface area is 195 Å². The summed E-state index contributed by atoms with van der Waals surface area (Å²) in [4.78, 5) is 12.1. The molecule has 31 heavy (non-hydrogen) atoms. The van der Waals surface area contributed by atoms with Crippen molar-refractivity contribution in [3.05, 3.63) is 81.3 Å². The maximum Gasteiger partial charge on any atom is 0.262 e. The highest BCUT2D eigenvalue weighted by molar-refractivity contribution is 7.92. The number of benzene rings is 3. The van der Waals surface area contributed by atoms with Crippen molar-refractivity contribution < 1.29 is 17.9 Å². The molecular weight excluding hydrogens is 483 g/mol. The van der Waals surface area contributed by atoms with E-state index in [4.69, 9.17) is 39.5 Å². The van der Waals surface area contributed by atoms with Gasteiger partial charge in [0.2, 0.25) is 0 Å². The molecule has 0 unspecified atom stereocenters. The molecule has 0 aliphatic heterocycles. The van der Waals surface area contributed by atoms with E-state index in [1.54, 1.807) is 30.3 Å². The van der Waals surface area contributed by atoms with Gasteiger partial charge in [-0.05, 0) is 67.1 Å². The molecule has 0 radical (unpaired) electrons. The minimum absolute atomic E-state index is 0.0387. The minimum atomic E-state index is -3.81. The lowest BCUT2D eigenvalue weighted by atomic mass is 10.2. The van der Waals surface area contributed by atoms with Crippen molar-refractivity contribution in [1.82, 2.24) is 0 Å². The molecule has 0 heterocycles. The summed E-state index contributed by atoms with van der Waals surface area (Å²) in [6.07, 6.45) is 0. The van der Waals surface area contributed by atoms with Crippen molar-refractivity contribution >= 4 is 62.1 Å². The van der Waals surface area contributed by atoms with Gasteiger partial charge in [-0.3, -0.25) is 9.52 Å². The third-order valence-corrected chi connectivity index (χ3v) is 6.67. The smallest absolute Gasteiger partial charge is 0.262 e. The number of amides is 1. The fraction of sp³-hybridized carbons (Fsp3) is 0.0952. The Bertz CT molecular complexity index is 1220. The zero-order chi connectivity index (χ0) is 22.6. The van der Waals surface area contributed by atoms with E-state index >= 15 is 0 Å². The van der Waals surface area contributed by atoms with Crippen molar-refractivity contribution in [3.8, 4) is 5.75 Å². The van der Waals surface area contributed by atoms with Gasteiger partial charge in [0.15, 0.2) is 6.61 Å². The molecule has 3 rings (SSSR count). The summed E-state index contributed by atoms with van der Waals surface area (Å²) < 4.78 is 33.0. The normalized spacial score (nSPS) is 11.1. The van der Waals surface area contributed by atoms with Crippen molar-refractivity contribution in [2.75, 3.05) is 16.6 Å². The number of nitrogens with one attached hydrogen (secondary N) is 2. The zero-order valence-corrected chi connectivity index (χ0v) is 19.2. The molecule has 0 atom stereocenters. The lowest BCUT2D eigenvalue weighted by Gasteiger charge is -2.11. The monoisotopic (exact) mass is 498 g/mol. The quantitative estimate of drug-likeness (QED) is 0.432. The second-order valence-corrected chi connectivity index (χ2v) is 9.41. The highest BCUT2D eigenvalue weighted by Gasteiger charge is 2.15. The van der Waals surface area contributed by atoms with Gasteiger partial charge in [-0.25, -0.2) is 8.42 Å². The average molecular weight is 500 g/mol. The van der Waals surface area contributed by atoms with E-state index in [9.17, 15) is 13.2 Å². The first-order valence-electron chi connectivity index (χ1n) is 8.91. The average Bonchev–Trinajstić information content (AvgIpc) is 2.72. The van der Waals surface area contributed by atoms with Gasteiger partial charge in [0.25, 0.3) is 15.9 Å². The van der Waals surface area contributed by atoms with Crippen LogP contribution in [0.4, 0.5) is 11.4 Å². The summed E-state index contributed by atoms with van der Waals surface area (Å²) in [5.41, 5.74) is 1.68. The topological polar surface area (TPSA) is 84.5 Å². The number of rotatable bonds is 7. The van der Waals surface area contributed by atoms with E-state index in [0.717, 1.165) is 5.56 Å². The third kappa shape index (κ3) is 6.27. The summed E-state index contributed by atoms with van der Waals surface area (Å²) >= 11 is 17.8. The zero-order valence-electron chi connectivity index (χ0n) is 16.2. The molecule has 0 spiro atoms. The first-order valence-corrected chi connectivity index (χ1v) is 11.5. The number of anilines is 2. The standard InChI is InChI=1S/C21H17Cl3N2O4S/c1-13-2-3-15(11-19(13)23)26-31(28,29)17-7-5-16(6-8-17)30-12-21(27)25-14-4-9-18(22)20(24)10-14/h2-11,26H,12H2,1H3,(H,25,27). The number of hydrogen-bond donors (Lipinski definition) is 2. The molecule has 1 amide bonds. The molecule has 0 aliphatic rings. The van der Waals surface area contributed by atoms with Crippen LogP contribution in [0.5, 0.6) is 5.75 Å². The molecular formula is C21H17Cl3N2O4S. The highest BCUT2D eigenvalue weighted by atomic mass is 35.5. The Morgan fingerprint density at radius 3 is 2.16 bits per heavy atom. The molecule has 0 saturated carbocycles. The van der Waals surface area contributed by atoms with E-state index < -0.39 is 15.9 Å². The van der Waals surface area contributed by atoms with Crippen LogP contribution in [-0.4, -0.2) is 20.9 Å². The van der Waals surface area contributed by atoms with Gasteiger partial charge in [-0.2, -0.15) is 0 Å². The predicted octanol–water partition coefficient (Wildman–Crippen LogP) is 5.77. The van der Waals surface area contributed by atoms with Crippen LogP contribution < -0.4 is 14.8 Å². The molecule has 0 fully saturated rings. The summed E-state index contributed by atoms with van der Waals surface area (Å²) in [7, 11) is -3.81. The van der Waals surface area contributed by atoms with Crippen LogP contribution in [0, 0.1) is 6.92 Å². The van der Waals surface area contributed by atoms with Crippen LogP contribution in [0.2, 0.25) is 15.1 Å². The summed E-state index contributed by atoms with van der Waals surface area (Å²) in [6, 6.07) is 15.3. The Morgan fingerprint density at radius 2 is 1.52 bits per heavy atom. The molecule has 162 valence electrons. The summed E-state index contributed by atoms with van der Waals surface area (Å²) in [5.74, 6) is -0.0744. The molecule has 0 bridgehead atoms. The second-order valence-electron chi connectivity index (χ2n) is 6.51. The largest absolute Gasteiger partial charge is 0.484 e. The molecule has 0 aliphatic carbocycles. The number of carbonyl (C=O) groups excluding carboxylic acids is 1. The Hall–Kier alpha value is -2.45. The molecule has 3 aromatic rings. The van der Waals surface area contributed by atoms with Crippen LogP contribution in [0.3, 0.4) is 0 Å². The lowest BCUT2D eigenvalue weighted by molar-refractivity contribution is -0.118. The van der Waals surface area contributed by atoms with Crippen molar-refractivity contribution in [1.29, 1.82) is 0 Å². The van der Waals surface area contributed by atoms with Crippen molar-refractivity contribution in [3.63, 3.8) is 0 Å². The molecule has 3 aromatic carbocycles. The summed E-state index contributed by atoms with van der Waals surface area (Å²) in [5, 5.41) is 3.79. The van der Waals surface area contributed by atoms with Crippen LogP contribution in [0.25, 0.3) is 0 Å². The van der Waals surface area contributed by atoms with Crippen LogP contribution in [0.15, 0.2) is 65.6 Å². The second kappa shape index (κ2) is 9.78. The Morgan fingerprint density at radius 1 is 0.871 bits per heavy atom. The van der Waals surface area contributed by atoms with Crippen LogP contribution in [-0.2, 0) is 14.8 Å². The number of aryl methyl sites for hydroxylation is 1. The van der Waals surface area contributed by atoms with Gasteiger partial charge in [0.1, 0.15) is 5.75 Å². The fourth-order valence-corrected chi connectivity index (χ4v) is 4.03. The first kappa shape index (κ1) is 23.2. The Balaban J connectivity index is 1.59. The molecule has 10 heteroatoms. The van der Waals surface area contributed by atoms with Gasteiger partial charge in [0.05, 0.1) is 20.6 Å². The number of halogens is 3. The van der Waals surface area contributed by atoms with Gasteiger partial charge in [0, 0.05) is 10.7 Å². The molecule has 0 saturated heterocycles. The molecule has 6 nitrogen and oxygen atoms in total. The Kier molecular flexibility index (Phi) is 7.33. The minimum Gasteiger partial charge on any atom is -0.484 e. The number of carbonyl (C=O) groups is 1. The fourth-order valence-electron chi connectivity index (χ4n) is 2.51. The van der Waals surface area contributed by atoms with E-state index in [1.807, 2.05) is 6.92 Å². The number of hydrogen-bond acceptors (Lipinski definition) is 4. The lowest BCUT2D eigenvalue weighted by Crippen LogP contribution is -2.20. The first-order chi connectivity index (χ1) is 14.6. The van der Waals surface area contributed by atoms with Gasteiger partial charge < -0.3 is 10.1 Å². The highest BCUT2D eigenvalue weighted by Crippen LogP contribution is 2.25. The van der Waals surface area contributed by atoms with Crippen LogP contribution in [0.1, 0.15) is 5.56 Å². The van der Waals surface area contributed by atoms with Gasteiger partial charge in [-0.1, -0.05) is 40.9 Å². The number of ether oxygens (including phenoxy) is 1. The van der Waals surface area contributed by atoms with Gasteiger partial charge >= 0.3 is 0 Å². The summed E-state index contributed by atoms with van der Waals surface area (Å²) in [6.45, 7) is 1.55. The van der Waals surface area contributed by atoms with E-state index in [2.05, 4.69) is 10.0 Å². The predicted molar refractivity (Wildman–Crippen MR) is 124 cm³/mol. The van der Waals surface area contributed by atoms with E-state index in [0.29, 0.717) is 32.2 Å². The molecule has 2 N–H and O–H groups in total. The van der Waals surface area contributed by atoms with Crippen molar-refractivity contribution in [2.45, 2.75) is 11.8 Å². The molecule has 0 aromatic heterocycles. The number of sulfonamides is 1. The maximum absolute atomic E-state index is 12.6. The third-order valence-electron chi connectivity index (χ3n) is 4.13. The van der Waals surface area contributed by atoms with Gasteiger partial charge in [-0.15, -0.1) is 0 Å². The maximum atomic E-state index is 12.6. The van der Waals surface area contributed by atoms with Crippen molar-refractivity contribution in [2.24, 2.45) is 0 Å². The van der Waals surface area contributed by atoms with E-state index in [-0.39, 0.29) is 11.5 Å². The van der Waals surface area contributed by atoms with E-state index in [1.165, 1.54) is 30.3 Å².